The van der Waals surface area contributed by atoms with Crippen molar-refractivity contribution < 1.29 is 19.1 Å². The lowest BCUT2D eigenvalue weighted by Gasteiger charge is -2.28. The maximum Gasteiger partial charge on any atom is 0.310 e. The van der Waals surface area contributed by atoms with E-state index in [1.807, 2.05) is 9.80 Å². The summed E-state index contributed by atoms with van der Waals surface area (Å²) < 4.78 is 9.94. The van der Waals surface area contributed by atoms with Crippen molar-refractivity contribution in [1.29, 1.82) is 0 Å². The molecule has 0 spiro atoms. The quantitative estimate of drug-likeness (QED) is 0.627. The van der Waals surface area contributed by atoms with Crippen molar-refractivity contribution in [2.75, 3.05) is 53.0 Å². The van der Waals surface area contributed by atoms with E-state index in [9.17, 15) is 9.59 Å². The first-order valence-corrected chi connectivity index (χ1v) is 6.36. The van der Waals surface area contributed by atoms with Crippen LogP contribution in [0.25, 0.3) is 0 Å². The van der Waals surface area contributed by atoms with Crippen LogP contribution in [0, 0.1) is 5.92 Å². The molecular formula is C12H20N2O4. The highest BCUT2D eigenvalue weighted by Crippen LogP contribution is 2.17. The van der Waals surface area contributed by atoms with Gasteiger partial charge in [0.25, 0.3) is 0 Å². The molecule has 6 heteroatoms. The fourth-order valence-electron chi connectivity index (χ4n) is 2.44. The summed E-state index contributed by atoms with van der Waals surface area (Å²) in [6.45, 7) is 4.40. The van der Waals surface area contributed by atoms with Gasteiger partial charge in [-0.3, -0.25) is 14.5 Å². The van der Waals surface area contributed by atoms with Crippen LogP contribution in [-0.4, -0.2) is 74.7 Å². The van der Waals surface area contributed by atoms with Crippen LogP contribution < -0.4 is 0 Å². The molecule has 0 saturated carbocycles. The Morgan fingerprint density at radius 1 is 1.28 bits per heavy atom. The van der Waals surface area contributed by atoms with Gasteiger partial charge in [0.1, 0.15) is 0 Å². The van der Waals surface area contributed by atoms with Crippen LogP contribution in [0.3, 0.4) is 0 Å². The van der Waals surface area contributed by atoms with Crippen LogP contribution in [0.4, 0.5) is 0 Å². The SMILES string of the molecule is COC(=O)C1CCN(CC(=O)N2CCOCC2)C1. The number of rotatable bonds is 3. The number of carbonyl (C=O) groups excluding carboxylic acids is 2. The molecule has 2 aliphatic heterocycles. The predicted octanol–water partition coefficient (Wildman–Crippen LogP) is -0.660. The molecule has 0 aromatic rings. The molecule has 2 saturated heterocycles. The van der Waals surface area contributed by atoms with E-state index in [4.69, 9.17) is 9.47 Å². The van der Waals surface area contributed by atoms with E-state index in [0.717, 1.165) is 13.0 Å². The van der Waals surface area contributed by atoms with Gasteiger partial charge in [-0.2, -0.15) is 0 Å². The Balaban J connectivity index is 1.76. The summed E-state index contributed by atoms with van der Waals surface area (Å²) in [5, 5.41) is 0. The first kappa shape index (κ1) is 13.3. The summed E-state index contributed by atoms with van der Waals surface area (Å²) >= 11 is 0. The zero-order valence-electron chi connectivity index (χ0n) is 10.8. The molecule has 0 bridgehead atoms. The largest absolute Gasteiger partial charge is 0.469 e. The molecule has 18 heavy (non-hydrogen) atoms. The van der Waals surface area contributed by atoms with Gasteiger partial charge in [-0.15, -0.1) is 0 Å². The van der Waals surface area contributed by atoms with Gasteiger partial charge in [0.15, 0.2) is 0 Å². The highest BCUT2D eigenvalue weighted by Gasteiger charge is 2.30. The van der Waals surface area contributed by atoms with Crippen LogP contribution in [0.1, 0.15) is 6.42 Å². The molecule has 1 atom stereocenters. The number of carbonyl (C=O) groups is 2. The molecule has 1 unspecified atom stereocenters. The number of esters is 1. The van der Waals surface area contributed by atoms with E-state index in [1.54, 1.807) is 0 Å². The maximum absolute atomic E-state index is 12.0. The monoisotopic (exact) mass is 256 g/mol. The summed E-state index contributed by atoms with van der Waals surface area (Å²) in [6.07, 6.45) is 0.781. The van der Waals surface area contributed by atoms with Gasteiger partial charge < -0.3 is 14.4 Å². The standard InChI is InChI=1S/C12H20N2O4/c1-17-12(16)10-2-3-13(8-10)9-11(15)14-4-6-18-7-5-14/h10H,2-9H2,1H3. The van der Waals surface area contributed by atoms with Gasteiger partial charge in [0.05, 0.1) is 32.8 Å². The predicted molar refractivity (Wildman–Crippen MR) is 64.0 cm³/mol. The van der Waals surface area contributed by atoms with Gasteiger partial charge in [0, 0.05) is 19.6 Å². The number of methoxy groups -OCH3 is 1. The Morgan fingerprint density at radius 3 is 2.67 bits per heavy atom. The number of amides is 1. The third-order valence-corrected chi connectivity index (χ3v) is 3.53. The average molecular weight is 256 g/mol. The van der Waals surface area contributed by atoms with E-state index in [-0.39, 0.29) is 17.8 Å². The average Bonchev–Trinajstić information content (AvgIpc) is 2.87. The minimum atomic E-state index is -0.170. The molecular weight excluding hydrogens is 236 g/mol. The summed E-state index contributed by atoms with van der Waals surface area (Å²) in [6, 6.07) is 0. The van der Waals surface area contributed by atoms with Crippen molar-refractivity contribution in [1.82, 2.24) is 9.80 Å². The van der Waals surface area contributed by atoms with Crippen molar-refractivity contribution in [2.24, 2.45) is 5.92 Å². The number of ether oxygens (including phenoxy) is 2. The normalized spacial score (nSPS) is 25.2. The van der Waals surface area contributed by atoms with Gasteiger partial charge in [-0.05, 0) is 13.0 Å². The number of hydrogen-bond donors (Lipinski definition) is 0. The van der Waals surface area contributed by atoms with Crippen LogP contribution in [-0.2, 0) is 19.1 Å². The van der Waals surface area contributed by atoms with Gasteiger partial charge in [0.2, 0.25) is 5.91 Å². The molecule has 0 aromatic heterocycles. The number of morpholine rings is 1. The van der Waals surface area contributed by atoms with Crippen molar-refractivity contribution in [3.8, 4) is 0 Å². The van der Waals surface area contributed by atoms with E-state index >= 15 is 0 Å². The van der Waals surface area contributed by atoms with Crippen molar-refractivity contribution >= 4 is 11.9 Å². The van der Waals surface area contributed by atoms with Crippen molar-refractivity contribution in [3.05, 3.63) is 0 Å². The third-order valence-electron chi connectivity index (χ3n) is 3.53. The minimum Gasteiger partial charge on any atom is -0.469 e. The Labute approximate surface area is 107 Å². The molecule has 1 amide bonds. The molecule has 6 nitrogen and oxygen atoms in total. The van der Waals surface area contributed by atoms with Crippen molar-refractivity contribution in [3.63, 3.8) is 0 Å². The molecule has 2 fully saturated rings. The van der Waals surface area contributed by atoms with Gasteiger partial charge >= 0.3 is 5.97 Å². The zero-order chi connectivity index (χ0) is 13.0. The van der Waals surface area contributed by atoms with Gasteiger partial charge in [-0.25, -0.2) is 0 Å². The van der Waals surface area contributed by atoms with Crippen LogP contribution in [0.2, 0.25) is 0 Å². The molecule has 2 rings (SSSR count). The molecule has 0 aromatic carbocycles. The lowest BCUT2D eigenvalue weighted by Crippen LogP contribution is -2.45. The van der Waals surface area contributed by atoms with E-state index in [2.05, 4.69) is 0 Å². The summed E-state index contributed by atoms with van der Waals surface area (Å²) in [5.74, 6) is -0.118. The first-order valence-electron chi connectivity index (χ1n) is 6.36. The summed E-state index contributed by atoms with van der Waals surface area (Å²) in [4.78, 5) is 27.3. The van der Waals surface area contributed by atoms with Crippen LogP contribution in [0.15, 0.2) is 0 Å². The van der Waals surface area contributed by atoms with Crippen molar-refractivity contribution in [2.45, 2.75) is 6.42 Å². The number of nitrogens with zero attached hydrogens (tertiary/aromatic N) is 2. The van der Waals surface area contributed by atoms with Crippen LogP contribution in [0.5, 0.6) is 0 Å². The molecule has 2 heterocycles. The zero-order valence-corrected chi connectivity index (χ0v) is 10.8. The van der Waals surface area contributed by atoms with E-state index in [1.165, 1.54) is 7.11 Å². The third kappa shape index (κ3) is 3.20. The smallest absolute Gasteiger partial charge is 0.310 e. The molecule has 0 aliphatic carbocycles. The topological polar surface area (TPSA) is 59.1 Å². The highest BCUT2D eigenvalue weighted by molar-refractivity contribution is 5.78. The Morgan fingerprint density at radius 2 is 2.00 bits per heavy atom. The van der Waals surface area contributed by atoms with E-state index < -0.39 is 0 Å². The Kier molecular flexibility index (Phi) is 4.54. The molecule has 0 N–H and O–H groups in total. The van der Waals surface area contributed by atoms with Crippen LogP contribution >= 0.6 is 0 Å². The maximum atomic E-state index is 12.0. The fraction of sp³-hybridized carbons (Fsp3) is 0.833. The minimum absolute atomic E-state index is 0.0764. The molecule has 2 aliphatic rings. The summed E-state index contributed by atoms with van der Waals surface area (Å²) in [7, 11) is 1.41. The fourth-order valence-corrected chi connectivity index (χ4v) is 2.44. The Hall–Kier alpha value is -1.14. The lowest BCUT2D eigenvalue weighted by molar-refractivity contribution is -0.145. The second kappa shape index (κ2) is 6.15. The lowest BCUT2D eigenvalue weighted by atomic mass is 10.1. The number of likely N-dealkylation sites (tertiary alicyclic amines) is 1. The van der Waals surface area contributed by atoms with Gasteiger partial charge in [-0.1, -0.05) is 0 Å². The number of hydrogen-bond acceptors (Lipinski definition) is 5. The first-order chi connectivity index (χ1) is 8.70. The van der Waals surface area contributed by atoms with E-state index in [0.29, 0.717) is 39.4 Å². The molecule has 102 valence electrons. The Bertz CT molecular complexity index is 315. The molecule has 0 radical (unpaired) electrons. The highest BCUT2D eigenvalue weighted by atomic mass is 16.5. The second-order valence-electron chi connectivity index (χ2n) is 4.74. The summed E-state index contributed by atoms with van der Waals surface area (Å²) in [5.41, 5.74) is 0. The second-order valence-corrected chi connectivity index (χ2v) is 4.74.